The van der Waals surface area contributed by atoms with Crippen LogP contribution in [0.25, 0.3) is 11.1 Å². The van der Waals surface area contributed by atoms with Gasteiger partial charge < -0.3 is 4.42 Å². The Hall–Kier alpha value is -0.390. The molecule has 0 radical (unpaired) electrons. The van der Waals surface area contributed by atoms with Gasteiger partial charge in [-0.15, -0.1) is 0 Å². The van der Waals surface area contributed by atoms with Crippen LogP contribution in [0.15, 0.2) is 33.9 Å². The number of fused-ring (bicyclic) bond motifs is 1. The average molecular weight is 245 g/mol. The summed E-state index contributed by atoms with van der Waals surface area (Å²) in [5, 5.41) is 0.444. The molecule has 0 amide bonds. The minimum atomic E-state index is -2.35. The Kier molecular flexibility index (Phi) is 2.64. The van der Waals surface area contributed by atoms with E-state index in [9.17, 15) is 0 Å². The number of hydrogen-bond donors (Lipinski definition) is 2. The largest absolute Gasteiger partial charge is 0.431 e. The van der Waals surface area contributed by atoms with E-state index in [1.807, 2.05) is 24.3 Å². The van der Waals surface area contributed by atoms with Crippen LogP contribution < -0.4 is 11.0 Å². The van der Waals surface area contributed by atoms with E-state index >= 15 is 0 Å². The fraction of sp³-hybridized carbons (Fsp3) is 0. The van der Waals surface area contributed by atoms with Crippen molar-refractivity contribution in [3.8, 4) is 0 Å². The molecule has 2 rings (SSSR count). The van der Waals surface area contributed by atoms with Crippen molar-refractivity contribution in [1.29, 1.82) is 0 Å². The van der Waals surface area contributed by atoms with E-state index in [2.05, 4.69) is 4.98 Å². The third-order valence-corrected chi connectivity index (χ3v) is 4.11. The molecular weight excluding hydrogens is 237 g/mol. The number of nitrogens with two attached hydrogens (primary N) is 2. The highest BCUT2D eigenvalue weighted by Crippen LogP contribution is 2.48. The molecule has 0 saturated carbocycles. The number of nitrogens with zero attached hydrogens (tertiary/aromatic N) is 1. The monoisotopic (exact) mass is 245 g/mol. The van der Waals surface area contributed by atoms with E-state index in [0.717, 1.165) is 22.5 Å². The number of rotatable bonds is 2. The first-order valence-electron chi connectivity index (χ1n) is 3.77. The molecular formula is C7H8N3OPS2. The molecule has 0 bridgehead atoms. The van der Waals surface area contributed by atoms with Crippen LogP contribution >= 0.6 is 16.9 Å². The molecule has 0 atom stereocenters. The first-order valence-corrected chi connectivity index (χ1v) is 8.13. The third kappa shape index (κ3) is 2.34. The molecule has 4 N–H and O–H groups in total. The van der Waals surface area contributed by atoms with Crippen LogP contribution in [0.1, 0.15) is 0 Å². The number of benzene rings is 1. The minimum absolute atomic E-state index is 0.444. The molecule has 0 saturated heterocycles. The normalized spacial score (nSPS) is 12.1. The number of hydrogen-bond acceptors (Lipinski definition) is 4. The Morgan fingerprint density at radius 1 is 1.36 bits per heavy atom. The molecule has 1 heterocycles. The topological polar surface area (TPSA) is 78.1 Å². The van der Waals surface area contributed by atoms with Gasteiger partial charge in [-0.1, -0.05) is 23.9 Å². The maximum atomic E-state index is 5.56. The van der Waals surface area contributed by atoms with Crippen LogP contribution in [0.2, 0.25) is 0 Å². The molecule has 0 aliphatic carbocycles. The van der Waals surface area contributed by atoms with E-state index in [-0.39, 0.29) is 0 Å². The van der Waals surface area contributed by atoms with Crippen LogP contribution in [0.3, 0.4) is 0 Å². The molecule has 1 aromatic carbocycles. The van der Waals surface area contributed by atoms with Crippen LogP contribution in [0.5, 0.6) is 0 Å². The van der Waals surface area contributed by atoms with E-state index < -0.39 is 5.54 Å². The second-order valence-electron chi connectivity index (χ2n) is 2.68. The summed E-state index contributed by atoms with van der Waals surface area (Å²) in [6.07, 6.45) is 0. The average Bonchev–Trinajstić information content (AvgIpc) is 2.42. The molecule has 7 heteroatoms. The predicted molar refractivity (Wildman–Crippen MR) is 62.5 cm³/mol. The smallest absolute Gasteiger partial charge is 0.264 e. The van der Waals surface area contributed by atoms with Crippen molar-refractivity contribution in [2.24, 2.45) is 11.0 Å². The van der Waals surface area contributed by atoms with Crippen molar-refractivity contribution in [3.63, 3.8) is 0 Å². The lowest BCUT2D eigenvalue weighted by atomic mass is 10.3. The molecule has 4 nitrogen and oxygen atoms in total. The summed E-state index contributed by atoms with van der Waals surface area (Å²) in [6, 6.07) is 7.46. The number of aromatic nitrogens is 1. The van der Waals surface area contributed by atoms with Gasteiger partial charge in [0.25, 0.3) is 5.22 Å². The molecule has 0 spiro atoms. The quantitative estimate of drug-likeness (QED) is 0.788. The van der Waals surface area contributed by atoms with Gasteiger partial charge in [-0.2, -0.15) is 0 Å². The Bertz CT molecular complexity index is 473. The first kappa shape index (κ1) is 10.1. The van der Waals surface area contributed by atoms with Crippen LogP contribution in [0, 0.1) is 0 Å². The molecule has 2 aromatic rings. The van der Waals surface area contributed by atoms with Crippen molar-refractivity contribution in [2.45, 2.75) is 5.22 Å². The van der Waals surface area contributed by atoms with Crippen molar-refractivity contribution >= 4 is 39.8 Å². The maximum absolute atomic E-state index is 5.56. The van der Waals surface area contributed by atoms with Gasteiger partial charge >= 0.3 is 0 Å². The second-order valence-corrected chi connectivity index (χ2v) is 9.37. The Balaban J connectivity index is 2.41. The molecule has 1 aromatic heterocycles. The highest BCUT2D eigenvalue weighted by molar-refractivity contribution is 8.69. The van der Waals surface area contributed by atoms with Gasteiger partial charge in [0.05, 0.1) is 0 Å². The second kappa shape index (κ2) is 3.64. The lowest BCUT2D eigenvalue weighted by molar-refractivity contribution is 0.491. The van der Waals surface area contributed by atoms with E-state index in [0.29, 0.717) is 5.22 Å². The Morgan fingerprint density at radius 2 is 2.07 bits per heavy atom. The summed E-state index contributed by atoms with van der Waals surface area (Å²) in [5.41, 5.74) is 10.3. The van der Waals surface area contributed by atoms with E-state index in [1.165, 1.54) is 0 Å². The highest BCUT2D eigenvalue weighted by atomic mass is 32.9. The van der Waals surface area contributed by atoms with Gasteiger partial charge in [0.15, 0.2) is 5.58 Å². The van der Waals surface area contributed by atoms with Gasteiger partial charge in [-0.05, 0) is 12.1 Å². The predicted octanol–water partition coefficient (Wildman–Crippen LogP) is 2.06. The third-order valence-electron chi connectivity index (χ3n) is 1.50. The summed E-state index contributed by atoms with van der Waals surface area (Å²) in [5.74, 6) is 0. The summed E-state index contributed by atoms with van der Waals surface area (Å²) in [6.45, 7) is 0. The zero-order chi connectivity index (χ0) is 10.2. The van der Waals surface area contributed by atoms with Crippen LogP contribution in [-0.4, -0.2) is 4.98 Å². The SMILES string of the molecule is NP(N)(=S)Sc1nc2ccccc2o1. The van der Waals surface area contributed by atoms with Gasteiger partial charge in [-0.25, -0.2) is 4.98 Å². The standard InChI is InChI=1S/C7H8N3OPS2/c8-12(9,13)14-7-10-5-3-1-2-4-6(5)11-7/h1-4H,(H4,8,9,13). The van der Waals surface area contributed by atoms with Crippen molar-refractivity contribution in [3.05, 3.63) is 24.3 Å². The minimum Gasteiger partial charge on any atom is -0.431 e. The fourth-order valence-electron chi connectivity index (χ4n) is 1.01. The molecule has 0 unspecified atom stereocenters. The van der Waals surface area contributed by atoms with Crippen molar-refractivity contribution < 1.29 is 4.42 Å². The Morgan fingerprint density at radius 3 is 2.71 bits per heavy atom. The molecule has 0 aliphatic rings. The molecule has 0 aliphatic heterocycles. The lowest BCUT2D eigenvalue weighted by Gasteiger charge is -2.03. The van der Waals surface area contributed by atoms with Crippen molar-refractivity contribution in [2.75, 3.05) is 0 Å². The van der Waals surface area contributed by atoms with E-state index in [4.69, 9.17) is 27.2 Å². The van der Waals surface area contributed by atoms with Gasteiger partial charge in [-0.3, -0.25) is 11.0 Å². The van der Waals surface area contributed by atoms with Crippen LogP contribution in [-0.2, 0) is 11.8 Å². The van der Waals surface area contributed by atoms with Crippen LogP contribution in [0.4, 0.5) is 0 Å². The van der Waals surface area contributed by atoms with E-state index in [1.54, 1.807) is 0 Å². The maximum Gasteiger partial charge on any atom is 0.264 e. The zero-order valence-electron chi connectivity index (χ0n) is 7.08. The summed E-state index contributed by atoms with van der Waals surface area (Å²) in [4.78, 5) is 4.20. The fourth-order valence-corrected chi connectivity index (χ4v) is 3.06. The highest BCUT2D eigenvalue weighted by Gasteiger charge is 2.12. The number of para-hydroxylation sites is 2. The molecule has 0 fully saturated rings. The summed E-state index contributed by atoms with van der Waals surface area (Å²) >= 11 is 6.03. The van der Waals surface area contributed by atoms with Gasteiger partial charge in [0.1, 0.15) is 11.1 Å². The molecule has 14 heavy (non-hydrogen) atoms. The summed E-state index contributed by atoms with van der Waals surface area (Å²) in [7, 11) is 0. The Labute approximate surface area is 89.9 Å². The van der Waals surface area contributed by atoms with Gasteiger partial charge in [0.2, 0.25) is 0 Å². The molecule has 74 valence electrons. The zero-order valence-corrected chi connectivity index (χ0v) is 9.61. The first-order chi connectivity index (χ1) is 6.54. The van der Waals surface area contributed by atoms with Gasteiger partial charge in [0, 0.05) is 11.4 Å². The summed E-state index contributed by atoms with van der Waals surface area (Å²) < 4.78 is 5.40. The number of oxazole rings is 1. The van der Waals surface area contributed by atoms with Crippen molar-refractivity contribution in [1.82, 2.24) is 4.98 Å². The lowest BCUT2D eigenvalue weighted by Crippen LogP contribution is -1.98.